The molecule has 0 radical (unpaired) electrons. The van der Waals surface area contributed by atoms with Crippen molar-refractivity contribution < 1.29 is 14.6 Å². The molecule has 0 aliphatic carbocycles. The van der Waals surface area contributed by atoms with E-state index in [2.05, 4.69) is 11.8 Å². The highest BCUT2D eigenvalue weighted by Crippen LogP contribution is 2.18. The molecule has 0 aliphatic heterocycles. The lowest BCUT2D eigenvalue weighted by Crippen LogP contribution is -2.11. The first-order valence-electron chi connectivity index (χ1n) is 6.08. The van der Waals surface area contributed by atoms with Gasteiger partial charge in [-0.2, -0.15) is 0 Å². The van der Waals surface area contributed by atoms with Gasteiger partial charge in [0, 0.05) is 5.56 Å². The molecule has 0 amide bonds. The Bertz CT molecular complexity index is 427. The molecule has 3 heteroatoms. The number of hydrogen-bond acceptors (Lipinski definition) is 3. The predicted octanol–water partition coefficient (Wildman–Crippen LogP) is 2.14. The molecule has 0 atom stereocenters. The summed E-state index contributed by atoms with van der Waals surface area (Å²) in [7, 11) is 0. The summed E-state index contributed by atoms with van der Waals surface area (Å²) in [6.45, 7) is 6.98. The molecule has 3 nitrogen and oxygen atoms in total. The number of aryl methyl sites for hydroxylation is 1. The molecule has 98 valence electrons. The van der Waals surface area contributed by atoms with Gasteiger partial charge in [-0.1, -0.05) is 11.8 Å². The van der Waals surface area contributed by atoms with Crippen LogP contribution in [-0.4, -0.2) is 31.0 Å². The van der Waals surface area contributed by atoms with Crippen molar-refractivity contribution >= 4 is 0 Å². The van der Waals surface area contributed by atoms with Gasteiger partial charge in [-0.15, -0.1) is 0 Å². The van der Waals surface area contributed by atoms with Gasteiger partial charge < -0.3 is 14.6 Å². The molecular formula is C15H20O3. The van der Waals surface area contributed by atoms with Crippen molar-refractivity contribution in [3.63, 3.8) is 0 Å². The van der Waals surface area contributed by atoms with Crippen molar-refractivity contribution in [1.82, 2.24) is 0 Å². The number of benzene rings is 1. The van der Waals surface area contributed by atoms with Crippen LogP contribution in [0.4, 0.5) is 0 Å². The lowest BCUT2D eigenvalue weighted by atomic mass is 10.1. The fraction of sp³-hybridized carbons (Fsp3) is 0.467. The van der Waals surface area contributed by atoms with Crippen molar-refractivity contribution in [2.45, 2.75) is 26.9 Å². The van der Waals surface area contributed by atoms with Crippen molar-refractivity contribution in [2.24, 2.45) is 0 Å². The van der Waals surface area contributed by atoms with Crippen molar-refractivity contribution in [3.05, 3.63) is 29.3 Å². The summed E-state index contributed by atoms with van der Waals surface area (Å²) >= 11 is 0. The molecular weight excluding hydrogens is 228 g/mol. The van der Waals surface area contributed by atoms with Gasteiger partial charge in [-0.25, -0.2) is 0 Å². The van der Waals surface area contributed by atoms with Crippen LogP contribution in [0.25, 0.3) is 0 Å². The SMILES string of the molecule is Cc1cc(C#CCO)ccc1OCCOC(C)C. The molecule has 0 aromatic heterocycles. The van der Waals surface area contributed by atoms with Gasteiger partial charge in [0.2, 0.25) is 0 Å². The number of rotatable bonds is 5. The van der Waals surface area contributed by atoms with Gasteiger partial charge in [-0.3, -0.25) is 0 Å². The molecule has 0 fully saturated rings. The van der Waals surface area contributed by atoms with Gasteiger partial charge in [-0.05, 0) is 44.5 Å². The molecule has 1 N–H and O–H groups in total. The molecule has 0 unspecified atom stereocenters. The minimum absolute atomic E-state index is 0.121. The van der Waals surface area contributed by atoms with E-state index in [9.17, 15) is 0 Å². The lowest BCUT2D eigenvalue weighted by molar-refractivity contribution is 0.0551. The number of hydrogen-bond donors (Lipinski definition) is 1. The van der Waals surface area contributed by atoms with E-state index in [1.807, 2.05) is 39.0 Å². The Balaban J connectivity index is 2.52. The van der Waals surface area contributed by atoms with Crippen molar-refractivity contribution in [3.8, 4) is 17.6 Å². The molecule has 0 spiro atoms. The predicted molar refractivity (Wildman–Crippen MR) is 71.7 cm³/mol. The second-order valence-corrected chi connectivity index (χ2v) is 4.21. The molecule has 18 heavy (non-hydrogen) atoms. The first-order chi connectivity index (χ1) is 8.63. The molecule has 0 aliphatic rings. The van der Waals surface area contributed by atoms with Crippen LogP contribution in [0.1, 0.15) is 25.0 Å². The lowest BCUT2D eigenvalue weighted by Gasteiger charge is -2.11. The first-order valence-corrected chi connectivity index (χ1v) is 6.08. The van der Waals surface area contributed by atoms with E-state index in [-0.39, 0.29) is 12.7 Å². The molecule has 0 bridgehead atoms. The Morgan fingerprint density at radius 3 is 2.67 bits per heavy atom. The average Bonchev–Trinajstić information content (AvgIpc) is 2.33. The summed E-state index contributed by atoms with van der Waals surface area (Å²) in [6.07, 6.45) is 0.228. The van der Waals surface area contributed by atoms with Crippen molar-refractivity contribution in [2.75, 3.05) is 19.8 Å². The standard InChI is InChI=1S/C15H20O3/c1-12(2)17-9-10-18-15-7-6-14(5-4-8-16)11-13(15)3/h6-7,11-12,16H,8-10H2,1-3H3. The summed E-state index contributed by atoms with van der Waals surface area (Å²) in [4.78, 5) is 0. The van der Waals surface area contributed by atoms with E-state index in [0.717, 1.165) is 16.9 Å². The van der Waals surface area contributed by atoms with Gasteiger partial charge in [0.05, 0.1) is 12.7 Å². The van der Waals surface area contributed by atoms with Crippen LogP contribution in [0.2, 0.25) is 0 Å². The van der Waals surface area contributed by atoms with E-state index in [4.69, 9.17) is 14.6 Å². The smallest absolute Gasteiger partial charge is 0.122 e. The second-order valence-electron chi connectivity index (χ2n) is 4.21. The van der Waals surface area contributed by atoms with E-state index in [0.29, 0.717) is 13.2 Å². The monoisotopic (exact) mass is 248 g/mol. The quantitative estimate of drug-likeness (QED) is 0.641. The molecule has 0 heterocycles. The summed E-state index contributed by atoms with van der Waals surface area (Å²) in [6, 6.07) is 5.72. The molecule has 0 saturated carbocycles. The fourth-order valence-electron chi connectivity index (χ4n) is 1.47. The van der Waals surface area contributed by atoms with Crippen LogP contribution in [0, 0.1) is 18.8 Å². The Morgan fingerprint density at radius 1 is 1.28 bits per heavy atom. The maximum atomic E-state index is 8.63. The highest BCUT2D eigenvalue weighted by Gasteiger charge is 2.00. The Morgan fingerprint density at radius 2 is 2.06 bits per heavy atom. The molecule has 1 rings (SSSR count). The van der Waals surface area contributed by atoms with E-state index in [1.54, 1.807) is 0 Å². The van der Waals surface area contributed by atoms with Crippen LogP contribution in [0.3, 0.4) is 0 Å². The third kappa shape index (κ3) is 5.22. The average molecular weight is 248 g/mol. The Hall–Kier alpha value is -1.50. The Kier molecular flexibility index (Phi) is 6.27. The largest absolute Gasteiger partial charge is 0.491 e. The van der Waals surface area contributed by atoms with Crippen LogP contribution < -0.4 is 4.74 Å². The van der Waals surface area contributed by atoms with Crippen LogP contribution in [-0.2, 0) is 4.74 Å². The maximum absolute atomic E-state index is 8.63. The number of ether oxygens (including phenoxy) is 2. The minimum atomic E-state index is -0.121. The topological polar surface area (TPSA) is 38.7 Å². The molecule has 0 saturated heterocycles. The maximum Gasteiger partial charge on any atom is 0.122 e. The van der Waals surface area contributed by atoms with Crippen molar-refractivity contribution in [1.29, 1.82) is 0 Å². The summed E-state index contributed by atoms with van der Waals surface area (Å²) < 4.78 is 11.0. The van der Waals surface area contributed by atoms with Gasteiger partial charge in [0.25, 0.3) is 0 Å². The highest BCUT2D eigenvalue weighted by molar-refractivity contribution is 5.43. The van der Waals surface area contributed by atoms with Crippen LogP contribution >= 0.6 is 0 Å². The summed E-state index contributed by atoms with van der Waals surface area (Å²) in [5.41, 5.74) is 1.91. The molecule has 1 aromatic carbocycles. The Labute approximate surface area is 109 Å². The summed E-state index contributed by atoms with van der Waals surface area (Å²) in [5, 5.41) is 8.63. The van der Waals surface area contributed by atoms with E-state index in [1.165, 1.54) is 0 Å². The number of aliphatic hydroxyl groups excluding tert-OH is 1. The third-order valence-electron chi connectivity index (χ3n) is 2.28. The number of aliphatic hydroxyl groups is 1. The van der Waals surface area contributed by atoms with Gasteiger partial charge in [0.15, 0.2) is 0 Å². The highest BCUT2D eigenvalue weighted by atomic mass is 16.5. The first kappa shape index (κ1) is 14.6. The third-order valence-corrected chi connectivity index (χ3v) is 2.28. The van der Waals surface area contributed by atoms with Crippen LogP contribution in [0.5, 0.6) is 5.75 Å². The van der Waals surface area contributed by atoms with E-state index >= 15 is 0 Å². The fourth-order valence-corrected chi connectivity index (χ4v) is 1.47. The summed E-state index contributed by atoms with van der Waals surface area (Å²) in [5.74, 6) is 6.33. The second kappa shape index (κ2) is 7.75. The zero-order valence-electron chi connectivity index (χ0n) is 11.2. The molecule has 1 aromatic rings. The zero-order valence-corrected chi connectivity index (χ0v) is 11.2. The van der Waals surface area contributed by atoms with E-state index < -0.39 is 0 Å². The van der Waals surface area contributed by atoms with Gasteiger partial charge >= 0.3 is 0 Å². The zero-order chi connectivity index (χ0) is 13.4. The minimum Gasteiger partial charge on any atom is -0.491 e. The normalized spacial score (nSPS) is 10.1. The van der Waals surface area contributed by atoms with Crippen LogP contribution in [0.15, 0.2) is 18.2 Å². The van der Waals surface area contributed by atoms with Gasteiger partial charge in [0.1, 0.15) is 19.0 Å².